The quantitative estimate of drug-likeness (QED) is 0.810. The SMILES string of the molecule is Nc1cc(Cl)ccc1NC(=O)CC1CCCC1. The van der Waals surface area contributed by atoms with Gasteiger partial charge in [-0.3, -0.25) is 4.79 Å². The molecule has 1 fully saturated rings. The number of anilines is 2. The number of nitrogen functional groups attached to an aromatic ring is 1. The largest absolute Gasteiger partial charge is 0.397 e. The molecule has 1 aliphatic carbocycles. The molecule has 4 heteroatoms. The molecule has 0 aliphatic heterocycles. The Morgan fingerprint density at radius 1 is 1.41 bits per heavy atom. The van der Waals surface area contributed by atoms with E-state index in [1.54, 1.807) is 18.2 Å². The van der Waals surface area contributed by atoms with E-state index >= 15 is 0 Å². The van der Waals surface area contributed by atoms with Crippen LogP contribution in [-0.4, -0.2) is 5.91 Å². The zero-order valence-electron chi connectivity index (χ0n) is 9.71. The lowest BCUT2D eigenvalue weighted by Gasteiger charge is -2.11. The molecule has 0 atom stereocenters. The molecule has 0 saturated heterocycles. The van der Waals surface area contributed by atoms with E-state index in [0.717, 1.165) is 0 Å². The first-order chi connectivity index (χ1) is 8.15. The summed E-state index contributed by atoms with van der Waals surface area (Å²) in [4.78, 5) is 11.8. The molecule has 17 heavy (non-hydrogen) atoms. The van der Waals surface area contributed by atoms with Crippen molar-refractivity contribution in [3.63, 3.8) is 0 Å². The lowest BCUT2D eigenvalue weighted by Crippen LogP contribution is -2.16. The molecule has 1 aliphatic rings. The van der Waals surface area contributed by atoms with Gasteiger partial charge in [0.2, 0.25) is 5.91 Å². The zero-order valence-corrected chi connectivity index (χ0v) is 10.5. The van der Waals surface area contributed by atoms with Gasteiger partial charge >= 0.3 is 0 Å². The maximum absolute atomic E-state index is 11.8. The molecule has 3 N–H and O–H groups in total. The van der Waals surface area contributed by atoms with Crippen LogP contribution in [0.15, 0.2) is 18.2 Å². The van der Waals surface area contributed by atoms with Crippen molar-refractivity contribution in [1.82, 2.24) is 0 Å². The summed E-state index contributed by atoms with van der Waals surface area (Å²) in [5.74, 6) is 0.592. The molecule has 0 unspecified atom stereocenters. The van der Waals surface area contributed by atoms with E-state index in [-0.39, 0.29) is 5.91 Å². The van der Waals surface area contributed by atoms with Crippen LogP contribution in [-0.2, 0) is 4.79 Å². The third kappa shape index (κ3) is 3.37. The third-order valence-electron chi connectivity index (χ3n) is 3.24. The van der Waals surface area contributed by atoms with Crippen molar-refractivity contribution in [1.29, 1.82) is 0 Å². The van der Waals surface area contributed by atoms with Crippen LogP contribution in [0.3, 0.4) is 0 Å². The molecule has 1 saturated carbocycles. The Kier molecular flexibility index (Phi) is 3.89. The van der Waals surface area contributed by atoms with Crippen molar-refractivity contribution in [2.45, 2.75) is 32.1 Å². The summed E-state index contributed by atoms with van der Waals surface area (Å²) in [5.41, 5.74) is 6.94. The van der Waals surface area contributed by atoms with Crippen molar-refractivity contribution in [2.75, 3.05) is 11.1 Å². The number of amides is 1. The fraction of sp³-hybridized carbons (Fsp3) is 0.462. The minimum atomic E-state index is 0.0472. The number of nitrogens with two attached hydrogens (primary N) is 1. The molecule has 3 nitrogen and oxygen atoms in total. The van der Waals surface area contributed by atoms with Gasteiger partial charge in [-0.1, -0.05) is 24.4 Å². The maximum Gasteiger partial charge on any atom is 0.224 e. The molecular formula is C13H17ClN2O. The second-order valence-corrected chi connectivity index (χ2v) is 5.07. The van der Waals surface area contributed by atoms with Crippen molar-refractivity contribution in [3.8, 4) is 0 Å². The van der Waals surface area contributed by atoms with Crippen molar-refractivity contribution < 1.29 is 4.79 Å². The standard InChI is InChI=1S/C13H17ClN2O/c14-10-5-6-12(11(15)8-10)16-13(17)7-9-3-1-2-4-9/h5-6,8-9H,1-4,7,15H2,(H,16,17). The second kappa shape index (κ2) is 5.41. The first-order valence-corrected chi connectivity index (χ1v) is 6.38. The second-order valence-electron chi connectivity index (χ2n) is 4.63. The van der Waals surface area contributed by atoms with Gasteiger partial charge in [-0.2, -0.15) is 0 Å². The van der Waals surface area contributed by atoms with Gasteiger partial charge in [0.05, 0.1) is 11.4 Å². The predicted molar refractivity (Wildman–Crippen MR) is 71.1 cm³/mol. The number of carbonyl (C=O) groups excluding carboxylic acids is 1. The molecule has 1 amide bonds. The highest BCUT2D eigenvalue weighted by Gasteiger charge is 2.18. The topological polar surface area (TPSA) is 55.1 Å². The Hall–Kier alpha value is -1.22. The van der Waals surface area contributed by atoms with Gasteiger partial charge in [-0.25, -0.2) is 0 Å². The molecule has 92 valence electrons. The van der Waals surface area contributed by atoms with Crippen LogP contribution in [0.1, 0.15) is 32.1 Å². The van der Waals surface area contributed by atoms with E-state index in [0.29, 0.717) is 28.7 Å². The highest BCUT2D eigenvalue weighted by molar-refractivity contribution is 6.31. The molecule has 1 aromatic rings. The first-order valence-electron chi connectivity index (χ1n) is 6.00. The number of hydrogen-bond donors (Lipinski definition) is 2. The highest BCUT2D eigenvalue weighted by Crippen LogP contribution is 2.28. The van der Waals surface area contributed by atoms with Gasteiger partial charge in [0.25, 0.3) is 0 Å². The van der Waals surface area contributed by atoms with Gasteiger partial charge in [-0.05, 0) is 37.0 Å². The Morgan fingerprint density at radius 2 is 2.12 bits per heavy atom. The van der Waals surface area contributed by atoms with E-state index < -0.39 is 0 Å². The van der Waals surface area contributed by atoms with Crippen LogP contribution in [0.2, 0.25) is 5.02 Å². The number of benzene rings is 1. The summed E-state index contributed by atoms with van der Waals surface area (Å²) >= 11 is 5.80. The predicted octanol–water partition coefficient (Wildman–Crippen LogP) is 3.44. The number of hydrogen-bond acceptors (Lipinski definition) is 2. The fourth-order valence-corrected chi connectivity index (χ4v) is 2.51. The lowest BCUT2D eigenvalue weighted by atomic mass is 10.0. The molecule has 0 spiro atoms. The van der Waals surface area contributed by atoms with Crippen molar-refractivity contribution in [3.05, 3.63) is 23.2 Å². The zero-order chi connectivity index (χ0) is 12.3. The van der Waals surface area contributed by atoms with Crippen molar-refractivity contribution >= 4 is 28.9 Å². The summed E-state index contributed by atoms with van der Waals surface area (Å²) in [7, 11) is 0. The average molecular weight is 253 g/mol. The Balaban J connectivity index is 1.93. The van der Waals surface area contributed by atoms with E-state index in [9.17, 15) is 4.79 Å². The number of rotatable bonds is 3. The normalized spacial score (nSPS) is 16.1. The summed E-state index contributed by atoms with van der Waals surface area (Å²) in [6.07, 6.45) is 5.44. The van der Waals surface area contributed by atoms with E-state index in [4.69, 9.17) is 17.3 Å². The summed E-state index contributed by atoms with van der Waals surface area (Å²) in [6, 6.07) is 5.11. The molecule has 1 aromatic carbocycles. The molecule has 0 bridgehead atoms. The minimum absolute atomic E-state index is 0.0472. The van der Waals surface area contributed by atoms with Crippen molar-refractivity contribution in [2.24, 2.45) is 5.92 Å². The molecule has 0 heterocycles. The van der Waals surface area contributed by atoms with Crippen LogP contribution >= 0.6 is 11.6 Å². The van der Waals surface area contributed by atoms with Gasteiger partial charge < -0.3 is 11.1 Å². The van der Waals surface area contributed by atoms with Gasteiger partial charge in [0.1, 0.15) is 0 Å². The van der Waals surface area contributed by atoms with Crippen LogP contribution in [0.25, 0.3) is 0 Å². The Labute approximate surface area is 106 Å². The lowest BCUT2D eigenvalue weighted by molar-refractivity contribution is -0.117. The van der Waals surface area contributed by atoms with Gasteiger partial charge in [0, 0.05) is 11.4 Å². The summed E-state index contributed by atoms with van der Waals surface area (Å²) in [5, 5.41) is 3.42. The highest BCUT2D eigenvalue weighted by atomic mass is 35.5. The average Bonchev–Trinajstić information content (AvgIpc) is 2.75. The Bertz CT molecular complexity index is 414. The van der Waals surface area contributed by atoms with E-state index in [1.165, 1.54) is 25.7 Å². The fourth-order valence-electron chi connectivity index (χ4n) is 2.33. The van der Waals surface area contributed by atoms with Crippen LogP contribution < -0.4 is 11.1 Å². The van der Waals surface area contributed by atoms with Gasteiger partial charge in [0.15, 0.2) is 0 Å². The molecular weight excluding hydrogens is 236 g/mol. The Morgan fingerprint density at radius 3 is 2.76 bits per heavy atom. The summed E-state index contributed by atoms with van der Waals surface area (Å²) in [6.45, 7) is 0. The molecule has 2 rings (SSSR count). The molecule has 0 aromatic heterocycles. The van der Waals surface area contributed by atoms with Crippen LogP contribution in [0.5, 0.6) is 0 Å². The van der Waals surface area contributed by atoms with Crippen LogP contribution in [0.4, 0.5) is 11.4 Å². The van der Waals surface area contributed by atoms with Crippen LogP contribution in [0, 0.1) is 5.92 Å². The smallest absolute Gasteiger partial charge is 0.224 e. The summed E-state index contributed by atoms with van der Waals surface area (Å²) < 4.78 is 0. The monoisotopic (exact) mass is 252 g/mol. The maximum atomic E-state index is 11.8. The van der Waals surface area contributed by atoms with Gasteiger partial charge in [-0.15, -0.1) is 0 Å². The number of halogens is 1. The van der Waals surface area contributed by atoms with E-state index in [2.05, 4.69) is 5.32 Å². The van der Waals surface area contributed by atoms with E-state index in [1.807, 2.05) is 0 Å². The minimum Gasteiger partial charge on any atom is -0.397 e. The number of carbonyl (C=O) groups is 1. The first kappa shape index (κ1) is 12.2. The third-order valence-corrected chi connectivity index (χ3v) is 3.47. The number of nitrogens with one attached hydrogen (secondary N) is 1. The molecule has 0 radical (unpaired) electrons.